The number of aromatic amines is 1. The van der Waals surface area contributed by atoms with Crippen molar-refractivity contribution in [2.45, 2.75) is 6.92 Å². The molecule has 6 nitrogen and oxygen atoms in total. The van der Waals surface area contributed by atoms with Gasteiger partial charge < -0.3 is 15.6 Å². The van der Waals surface area contributed by atoms with Gasteiger partial charge in [-0.3, -0.25) is 9.59 Å². The number of rotatable bonds is 4. The summed E-state index contributed by atoms with van der Waals surface area (Å²) in [6.07, 6.45) is 0. The Kier molecular flexibility index (Phi) is 5.01. The molecule has 7 heteroatoms. The van der Waals surface area contributed by atoms with Gasteiger partial charge in [-0.15, -0.1) is 0 Å². The SMILES string of the molecule is CC(=O)Nc1ccc(-c2nc3ccc(C(=O)Nc4cccc(Cl)c4)cc3[nH]2)cc1. The Morgan fingerprint density at radius 1 is 0.931 bits per heavy atom. The van der Waals surface area contributed by atoms with Crippen LogP contribution in [0.1, 0.15) is 17.3 Å². The fraction of sp³-hybridized carbons (Fsp3) is 0.0455. The van der Waals surface area contributed by atoms with Crippen molar-refractivity contribution in [2.75, 3.05) is 10.6 Å². The largest absolute Gasteiger partial charge is 0.338 e. The lowest BCUT2D eigenvalue weighted by Crippen LogP contribution is -2.11. The van der Waals surface area contributed by atoms with E-state index in [1.165, 1.54) is 6.92 Å². The van der Waals surface area contributed by atoms with Gasteiger partial charge in [-0.05, 0) is 60.7 Å². The molecule has 29 heavy (non-hydrogen) atoms. The van der Waals surface area contributed by atoms with E-state index < -0.39 is 0 Å². The zero-order valence-electron chi connectivity index (χ0n) is 15.5. The van der Waals surface area contributed by atoms with Crippen LogP contribution in [0.3, 0.4) is 0 Å². The molecule has 0 aliphatic carbocycles. The number of H-pyrrole nitrogens is 1. The molecule has 0 radical (unpaired) electrons. The zero-order chi connectivity index (χ0) is 20.4. The molecular formula is C22H17ClN4O2. The van der Waals surface area contributed by atoms with Crippen molar-refractivity contribution in [3.63, 3.8) is 0 Å². The van der Waals surface area contributed by atoms with Crippen LogP contribution in [-0.2, 0) is 4.79 Å². The molecule has 0 aliphatic heterocycles. The lowest BCUT2D eigenvalue weighted by molar-refractivity contribution is -0.114. The summed E-state index contributed by atoms with van der Waals surface area (Å²) in [5.41, 5.74) is 4.24. The van der Waals surface area contributed by atoms with Gasteiger partial charge in [-0.1, -0.05) is 17.7 Å². The third-order valence-corrected chi connectivity index (χ3v) is 4.54. The van der Waals surface area contributed by atoms with Crippen molar-refractivity contribution in [1.82, 2.24) is 9.97 Å². The van der Waals surface area contributed by atoms with Crippen LogP contribution in [0.2, 0.25) is 5.02 Å². The third-order valence-electron chi connectivity index (χ3n) is 4.31. The molecule has 2 amide bonds. The average Bonchev–Trinajstić information content (AvgIpc) is 3.11. The molecule has 3 aromatic carbocycles. The van der Waals surface area contributed by atoms with Crippen LogP contribution in [0.4, 0.5) is 11.4 Å². The molecule has 0 bridgehead atoms. The molecule has 1 heterocycles. The highest BCUT2D eigenvalue weighted by Crippen LogP contribution is 2.23. The monoisotopic (exact) mass is 404 g/mol. The van der Waals surface area contributed by atoms with E-state index in [-0.39, 0.29) is 11.8 Å². The Morgan fingerprint density at radius 3 is 2.45 bits per heavy atom. The minimum Gasteiger partial charge on any atom is -0.338 e. The molecule has 1 aromatic heterocycles. The first-order valence-electron chi connectivity index (χ1n) is 8.93. The summed E-state index contributed by atoms with van der Waals surface area (Å²) in [6.45, 7) is 1.47. The van der Waals surface area contributed by atoms with E-state index in [0.717, 1.165) is 22.3 Å². The van der Waals surface area contributed by atoms with Crippen molar-refractivity contribution in [3.8, 4) is 11.4 Å². The van der Waals surface area contributed by atoms with Crippen LogP contribution in [0.15, 0.2) is 66.7 Å². The number of anilines is 2. The standard InChI is InChI=1S/C22H17ClN4O2/c1-13(28)24-17-8-5-14(6-9-17)21-26-19-10-7-15(11-20(19)27-21)22(29)25-18-4-2-3-16(23)12-18/h2-12H,1H3,(H,24,28)(H,25,29)(H,26,27). The van der Waals surface area contributed by atoms with E-state index in [2.05, 4.69) is 20.6 Å². The van der Waals surface area contributed by atoms with E-state index in [9.17, 15) is 9.59 Å². The number of benzene rings is 3. The molecular weight excluding hydrogens is 388 g/mol. The second kappa shape index (κ2) is 7.77. The molecule has 0 fully saturated rings. The van der Waals surface area contributed by atoms with Crippen LogP contribution in [0.5, 0.6) is 0 Å². The number of hydrogen-bond acceptors (Lipinski definition) is 3. The zero-order valence-corrected chi connectivity index (χ0v) is 16.2. The topological polar surface area (TPSA) is 86.9 Å². The van der Waals surface area contributed by atoms with E-state index in [1.807, 2.05) is 24.3 Å². The highest BCUT2D eigenvalue weighted by atomic mass is 35.5. The molecule has 4 rings (SSSR count). The molecule has 0 spiro atoms. The lowest BCUT2D eigenvalue weighted by Gasteiger charge is -2.05. The quantitative estimate of drug-likeness (QED) is 0.442. The molecule has 4 aromatic rings. The van der Waals surface area contributed by atoms with Crippen molar-refractivity contribution in [3.05, 3.63) is 77.3 Å². The first-order chi connectivity index (χ1) is 14.0. The Balaban J connectivity index is 1.57. The van der Waals surface area contributed by atoms with E-state index >= 15 is 0 Å². The summed E-state index contributed by atoms with van der Waals surface area (Å²) in [7, 11) is 0. The number of halogens is 1. The van der Waals surface area contributed by atoms with Crippen molar-refractivity contribution >= 4 is 45.8 Å². The molecule has 3 N–H and O–H groups in total. The Morgan fingerprint density at radius 2 is 1.72 bits per heavy atom. The summed E-state index contributed by atoms with van der Waals surface area (Å²) < 4.78 is 0. The van der Waals surface area contributed by atoms with E-state index in [4.69, 9.17) is 11.6 Å². The van der Waals surface area contributed by atoms with Gasteiger partial charge in [-0.25, -0.2) is 4.98 Å². The maximum atomic E-state index is 12.5. The average molecular weight is 405 g/mol. The molecule has 0 saturated carbocycles. The van der Waals surface area contributed by atoms with Gasteiger partial charge in [-0.2, -0.15) is 0 Å². The number of hydrogen-bond donors (Lipinski definition) is 3. The first kappa shape index (κ1) is 18.7. The number of amides is 2. The highest BCUT2D eigenvalue weighted by molar-refractivity contribution is 6.31. The van der Waals surface area contributed by atoms with Gasteiger partial charge in [0.15, 0.2) is 0 Å². The number of nitrogens with one attached hydrogen (secondary N) is 3. The maximum Gasteiger partial charge on any atom is 0.255 e. The smallest absolute Gasteiger partial charge is 0.255 e. The molecule has 144 valence electrons. The Bertz CT molecular complexity index is 1220. The molecule has 0 aliphatic rings. The lowest BCUT2D eigenvalue weighted by atomic mass is 10.2. The summed E-state index contributed by atoms with van der Waals surface area (Å²) in [5.74, 6) is 0.330. The van der Waals surface area contributed by atoms with E-state index in [1.54, 1.807) is 42.5 Å². The second-order valence-corrected chi connectivity index (χ2v) is 6.98. The van der Waals surface area contributed by atoms with Crippen molar-refractivity contribution < 1.29 is 9.59 Å². The number of carbonyl (C=O) groups is 2. The minimum atomic E-state index is -0.232. The maximum absolute atomic E-state index is 12.5. The number of imidazole rings is 1. The van der Waals surface area contributed by atoms with Gasteiger partial charge >= 0.3 is 0 Å². The van der Waals surface area contributed by atoms with E-state index in [0.29, 0.717) is 22.1 Å². The summed E-state index contributed by atoms with van der Waals surface area (Å²) >= 11 is 5.96. The minimum absolute atomic E-state index is 0.120. The van der Waals surface area contributed by atoms with Crippen molar-refractivity contribution in [2.24, 2.45) is 0 Å². The summed E-state index contributed by atoms with van der Waals surface area (Å²) in [4.78, 5) is 31.5. The fourth-order valence-electron chi connectivity index (χ4n) is 2.97. The third kappa shape index (κ3) is 4.28. The Labute approximate surface area is 171 Å². The fourth-order valence-corrected chi connectivity index (χ4v) is 3.16. The first-order valence-corrected chi connectivity index (χ1v) is 9.30. The summed E-state index contributed by atoms with van der Waals surface area (Å²) in [6, 6.07) is 19.7. The van der Waals surface area contributed by atoms with Crippen LogP contribution in [0.25, 0.3) is 22.4 Å². The second-order valence-electron chi connectivity index (χ2n) is 6.54. The van der Waals surface area contributed by atoms with Gasteiger partial charge in [0.2, 0.25) is 5.91 Å². The van der Waals surface area contributed by atoms with Gasteiger partial charge in [0.1, 0.15) is 5.82 Å². The molecule has 0 atom stereocenters. The van der Waals surface area contributed by atoms with Crippen LogP contribution >= 0.6 is 11.6 Å². The number of nitrogens with zero attached hydrogens (tertiary/aromatic N) is 1. The number of aromatic nitrogens is 2. The van der Waals surface area contributed by atoms with Crippen LogP contribution < -0.4 is 10.6 Å². The van der Waals surface area contributed by atoms with Crippen molar-refractivity contribution in [1.29, 1.82) is 0 Å². The Hall–Kier alpha value is -3.64. The number of carbonyl (C=O) groups excluding carboxylic acids is 2. The molecule has 0 unspecified atom stereocenters. The predicted octanol–water partition coefficient (Wildman–Crippen LogP) is 5.09. The summed E-state index contributed by atoms with van der Waals surface area (Å²) in [5, 5.41) is 6.12. The van der Waals surface area contributed by atoms with Crippen LogP contribution in [-0.4, -0.2) is 21.8 Å². The highest BCUT2D eigenvalue weighted by Gasteiger charge is 2.11. The van der Waals surface area contributed by atoms with Gasteiger partial charge in [0, 0.05) is 34.4 Å². The predicted molar refractivity (Wildman–Crippen MR) is 115 cm³/mol. The van der Waals surface area contributed by atoms with Crippen LogP contribution in [0, 0.1) is 0 Å². The number of fused-ring (bicyclic) bond motifs is 1. The normalized spacial score (nSPS) is 10.7. The van der Waals surface area contributed by atoms with Gasteiger partial charge in [0.25, 0.3) is 5.91 Å². The molecule has 0 saturated heterocycles. The van der Waals surface area contributed by atoms with Gasteiger partial charge in [0.05, 0.1) is 11.0 Å².